The van der Waals surface area contributed by atoms with Crippen molar-refractivity contribution in [3.8, 4) is 0 Å². The summed E-state index contributed by atoms with van der Waals surface area (Å²) in [5, 5.41) is 4.29. The van der Waals surface area contributed by atoms with Crippen LogP contribution in [0.4, 0.5) is 0 Å². The minimum atomic E-state index is -3.91. The number of hydrogen-bond acceptors (Lipinski definition) is 5. The lowest BCUT2D eigenvalue weighted by Crippen LogP contribution is -2.35. The molecule has 10 heteroatoms. The summed E-state index contributed by atoms with van der Waals surface area (Å²) in [6.07, 6.45) is 6.95. The minimum absolute atomic E-state index is 0.0422. The molecule has 0 amide bonds. The molecule has 2 aromatic heterocycles. The second-order valence-electron chi connectivity index (χ2n) is 7.29. The average molecular weight is 439 g/mol. The Balaban J connectivity index is 1.83. The van der Waals surface area contributed by atoms with Crippen LogP contribution < -0.4 is 5.76 Å². The van der Waals surface area contributed by atoms with Gasteiger partial charge in [0.05, 0.1) is 22.8 Å². The van der Waals surface area contributed by atoms with Gasteiger partial charge in [0.2, 0.25) is 10.0 Å². The highest BCUT2D eigenvalue weighted by Crippen LogP contribution is 2.37. The molecule has 1 saturated heterocycles. The minimum Gasteiger partial charge on any atom is -0.408 e. The first kappa shape index (κ1) is 20.2. The number of halogens is 1. The van der Waals surface area contributed by atoms with E-state index in [4.69, 9.17) is 16.0 Å². The van der Waals surface area contributed by atoms with E-state index in [2.05, 4.69) is 5.10 Å². The molecule has 0 N–H and O–H groups in total. The molecule has 0 spiro atoms. The number of fused-ring (bicyclic) bond motifs is 1. The Morgan fingerprint density at radius 1 is 1.28 bits per heavy atom. The van der Waals surface area contributed by atoms with Crippen LogP contribution >= 0.6 is 11.6 Å². The Morgan fingerprint density at radius 2 is 2.07 bits per heavy atom. The first-order valence-corrected chi connectivity index (χ1v) is 11.5. The Kier molecular flexibility index (Phi) is 5.30. The van der Waals surface area contributed by atoms with Gasteiger partial charge in [0, 0.05) is 38.0 Å². The van der Waals surface area contributed by atoms with Gasteiger partial charge in [-0.3, -0.25) is 9.25 Å². The molecule has 0 radical (unpaired) electrons. The van der Waals surface area contributed by atoms with Gasteiger partial charge in [0.1, 0.15) is 4.90 Å². The van der Waals surface area contributed by atoms with Crippen LogP contribution in [0, 0.1) is 0 Å². The predicted molar refractivity (Wildman–Crippen MR) is 109 cm³/mol. The van der Waals surface area contributed by atoms with Crippen molar-refractivity contribution in [3.05, 3.63) is 45.7 Å². The molecule has 0 bridgehead atoms. The number of aryl methyl sites for hydroxylation is 2. The summed E-state index contributed by atoms with van der Waals surface area (Å²) in [5.41, 5.74) is 1.56. The molecule has 1 unspecified atom stereocenters. The number of aromatic nitrogens is 3. The highest BCUT2D eigenvalue weighted by atomic mass is 35.5. The lowest BCUT2D eigenvalue weighted by Gasteiger charge is -2.28. The smallest absolute Gasteiger partial charge is 0.408 e. The van der Waals surface area contributed by atoms with Gasteiger partial charge in [-0.1, -0.05) is 24.4 Å². The van der Waals surface area contributed by atoms with Crippen molar-refractivity contribution < 1.29 is 12.8 Å². The normalized spacial score (nSPS) is 18.9. The summed E-state index contributed by atoms with van der Waals surface area (Å²) >= 11 is 6.40. The zero-order valence-corrected chi connectivity index (χ0v) is 17.9. The van der Waals surface area contributed by atoms with Crippen molar-refractivity contribution in [3.63, 3.8) is 0 Å². The Labute approximate surface area is 173 Å². The standard InChI is InChI=1S/C19H23ClN4O4S/c1-3-23-16-9-14(20)18(10-17(16)28-19(23)25)29(26,27)24-8-6-4-5-7-15(24)13-11-21-22(2)12-13/h9-12,15H,3-8H2,1-2H3. The van der Waals surface area contributed by atoms with E-state index in [0.29, 0.717) is 25.0 Å². The van der Waals surface area contributed by atoms with Crippen LogP contribution in [0.5, 0.6) is 0 Å². The van der Waals surface area contributed by atoms with Gasteiger partial charge < -0.3 is 4.42 Å². The fraction of sp³-hybridized carbons (Fsp3) is 0.474. The molecule has 1 fully saturated rings. The number of oxazole rings is 1. The van der Waals surface area contributed by atoms with Crippen LogP contribution in [0.1, 0.15) is 44.2 Å². The molecular weight excluding hydrogens is 416 g/mol. The summed E-state index contributed by atoms with van der Waals surface area (Å²) in [7, 11) is -2.10. The molecule has 1 aliphatic rings. The van der Waals surface area contributed by atoms with E-state index in [1.54, 1.807) is 10.9 Å². The largest absolute Gasteiger partial charge is 0.419 e. The van der Waals surface area contributed by atoms with E-state index in [9.17, 15) is 13.2 Å². The monoisotopic (exact) mass is 438 g/mol. The molecule has 1 aliphatic heterocycles. The first-order valence-electron chi connectivity index (χ1n) is 9.66. The van der Waals surface area contributed by atoms with Gasteiger partial charge in [-0.25, -0.2) is 13.2 Å². The Hall–Kier alpha value is -2.10. The fourth-order valence-corrected chi connectivity index (χ4v) is 6.20. The number of hydrogen-bond donors (Lipinski definition) is 0. The van der Waals surface area contributed by atoms with Crippen molar-refractivity contribution in [1.29, 1.82) is 0 Å². The molecule has 0 aliphatic carbocycles. The number of rotatable bonds is 4. The molecule has 3 heterocycles. The maximum atomic E-state index is 13.6. The zero-order valence-electron chi connectivity index (χ0n) is 16.3. The Bertz CT molecular complexity index is 1210. The first-order chi connectivity index (χ1) is 13.8. The van der Waals surface area contributed by atoms with Gasteiger partial charge >= 0.3 is 5.76 Å². The molecule has 1 atom stereocenters. The van der Waals surface area contributed by atoms with Crippen LogP contribution in [-0.4, -0.2) is 33.6 Å². The maximum absolute atomic E-state index is 13.6. The Morgan fingerprint density at radius 3 is 2.76 bits per heavy atom. The predicted octanol–water partition coefficient (Wildman–Crippen LogP) is 3.31. The van der Waals surface area contributed by atoms with Gasteiger partial charge in [0.15, 0.2) is 5.58 Å². The van der Waals surface area contributed by atoms with Crippen LogP contribution in [0.2, 0.25) is 5.02 Å². The van der Waals surface area contributed by atoms with E-state index in [0.717, 1.165) is 24.8 Å². The number of sulfonamides is 1. The summed E-state index contributed by atoms with van der Waals surface area (Å²) in [4.78, 5) is 12.0. The summed E-state index contributed by atoms with van der Waals surface area (Å²) in [6.45, 7) is 2.62. The van der Waals surface area contributed by atoms with Crippen molar-refractivity contribution in [2.24, 2.45) is 7.05 Å². The van der Waals surface area contributed by atoms with E-state index in [1.165, 1.54) is 21.0 Å². The second-order valence-corrected chi connectivity index (χ2v) is 9.56. The highest BCUT2D eigenvalue weighted by molar-refractivity contribution is 7.89. The van der Waals surface area contributed by atoms with Gasteiger partial charge in [-0.2, -0.15) is 9.40 Å². The summed E-state index contributed by atoms with van der Waals surface area (Å²) in [6, 6.07) is 2.55. The number of benzene rings is 1. The van der Waals surface area contributed by atoms with Crippen molar-refractivity contribution >= 4 is 32.7 Å². The van der Waals surface area contributed by atoms with E-state index in [1.807, 2.05) is 20.2 Å². The fourth-order valence-electron chi connectivity index (χ4n) is 4.00. The average Bonchev–Trinajstić information content (AvgIpc) is 3.12. The third-order valence-electron chi connectivity index (χ3n) is 5.44. The van der Waals surface area contributed by atoms with E-state index in [-0.39, 0.29) is 21.5 Å². The highest BCUT2D eigenvalue weighted by Gasteiger charge is 2.35. The molecule has 29 heavy (non-hydrogen) atoms. The van der Waals surface area contributed by atoms with Crippen LogP contribution in [0.15, 0.2) is 38.6 Å². The molecular formula is C19H23ClN4O4S. The van der Waals surface area contributed by atoms with Gasteiger partial charge in [-0.15, -0.1) is 0 Å². The zero-order chi connectivity index (χ0) is 20.8. The van der Waals surface area contributed by atoms with Crippen LogP contribution in [-0.2, 0) is 23.6 Å². The molecule has 1 aromatic carbocycles. The van der Waals surface area contributed by atoms with Crippen molar-refractivity contribution in [2.75, 3.05) is 6.54 Å². The lowest BCUT2D eigenvalue weighted by atomic mass is 10.1. The molecule has 4 rings (SSSR count). The van der Waals surface area contributed by atoms with Crippen molar-refractivity contribution in [2.45, 2.75) is 50.1 Å². The molecule has 8 nitrogen and oxygen atoms in total. The third kappa shape index (κ3) is 3.51. The number of nitrogens with zero attached hydrogens (tertiary/aromatic N) is 4. The SMILES string of the molecule is CCn1c(=O)oc2cc(S(=O)(=O)N3CCCCCC3c3cnn(C)c3)c(Cl)cc21. The van der Waals surface area contributed by atoms with Crippen LogP contribution in [0.25, 0.3) is 11.1 Å². The molecule has 156 valence electrons. The third-order valence-corrected chi connectivity index (χ3v) is 7.81. The van der Waals surface area contributed by atoms with E-state index < -0.39 is 15.8 Å². The summed E-state index contributed by atoms with van der Waals surface area (Å²) in [5.74, 6) is -0.531. The van der Waals surface area contributed by atoms with Crippen molar-refractivity contribution in [1.82, 2.24) is 18.7 Å². The summed E-state index contributed by atoms with van der Waals surface area (Å²) < 4.78 is 37.2. The topological polar surface area (TPSA) is 90.3 Å². The molecule has 3 aromatic rings. The molecule has 0 saturated carbocycles. The maximum Gasteiger partial charge on any atom is 0.419 e. The quantitative estimate of drug-likeness (QED) is 0.623. The van der Waals surface area contributed by atoms with Crippen LogP contribution in [0.3, 0.4) is 0 Å². The van der Waals surface area contributed by atoms with E-state index >= 15 is 0 Å². The van der Waals surface area contributed by atoms with Gasteiger partial charge in [0.25, 0.3) is 0 Å². The van der Waals surface area contributed by atoms with Gasteiger partial charge in [-0.05, 0) is 25.8 Å². The second kappa shape index (κ2) is 7.62. The lowest BCUT2D eigenvalue weighted by molar-refractivity contribution is 0.329.